The van der Waals surface area contributed by atoms with E-state index in [0.717, 1.165) is 57.8 Å². The van der Waals surface area contributed by atoms with Crippen LogP contribution in [0.5, 0.6) is 0 Å². The van der Waals surface area contributed by atoms with Gasteiger partial charge < -0.3 is 14.2 Å². The van der Waals surface area contributed by atoms with Crippen LogP contribution >= 0.6 is 0 Å². The molecule has 412 valence electrons. The third-order valence-electron chi connectivity index (χ3n) is 14.2. The minimum absolute atomic E-state index is 0.0683. The van der Waals surface area contributed by atoms with Crippen LogP contribution in [-0.4, -0.2) is 37.2 Å². The van der Waals surface area contributed by atoms with Crippen molar-refractivity contribution in [2.45, 2.75) is 354 Å². The Hall–Kier alpha value is -2.11. The third kappa shape index (κ3) is 56.8. The zero-order valence-electron chi connectivity index (χ0n) is 47.3. The van der Waals surface area contributed by atoms with E-state index in [4.69, 9.17) is 14.2 Å². The molecule has 6 heteroatoms. The smallest absolute Gasteiger partial charge is 0.306 e. The topological polar surface area (TPSA) is 78.9 Å². The van der Waals surface area contributed by atoms with E-state index >= 15 is 0 Å². The van der Waals surface area contributed by atoms with Crippen molar-refractivity contribution in [1.82, 2.24) is 0 Å². The lowest BCUT2D eigenvalue weighted by atomic mass is 10.0. The summed E-state index contributed by atoms with van der Waals surface area (Å²) in [5.41, 5.74) is 0. The second-order valence-corrected chi connectivity index (χ2v) is 21.3. The predicted molar refractivity (Wildman–Crippen MR) is 303 cm³/mol. The van der Waals surface area contributed by atoms with Crippen LogP contribution in [0.3, 0.4) is 0 Å². The number of rotatable bonds is 58. The van der Waals surface area contributed by atoms with Crippen LogP contribution in [0.15, 0.2) is 24.3 Å². The van der Waals surface area contributed by atoms with Gasteiger partial charge in [0.25, 0.3) is 0 Å². The molecular weight excluding hydrogens is 865 g/mol. The molecule has 0 N–H and O–H groups in total. The van der Waals surface area contributed by atoms with Gasteiger partial charge in [-0.15, -0.1) is 0 Å². The Labute approximate surface area is 436 Å². The Morgan fingerprint density at radius 2 is 0.471 bits per heavy atom. The van der Waals surface area contributed by atoms with Crippen LogP contribution in [-0.2, 0) is 28.6 Å². The largest absolute Gasteiger partial charge is 0.462 e. The summed E-state index contributed by atoms with van der Waals surface area (Å²) in [5, 5.41) is 0. The number of hydrogen-bond acceptors (Lipinski definition) is 6. The van der Waals surface area contributed by atoms with Gasteiger partial charge in [-0.25, -0.2) is 0 Å². The first kappa shape index (κ1) is 67.9. The predicted octanol–water partition coefficient (Wildman–Crippen LogP) is 21.1. The summed E-state index contributed by atoms with van der Waals surface area (Å²) in [6, 6.07) is 0. The number of carbonyl (C=O) groups is 3. The highest BCUT2D eigenvalue weighted by molar-refractivity contribution is 5.71. The van der Waals surface area contributed by atoms with Crippen LogP contribution in [0.1, 0.15) is 348 Å². The highest BCUT2D eigenvalue weighted by Gasteiger charge is 2.19. The number of ether oxygens (including phenoxy) is 3. The van der Waals surface area contributed by atoms with Crippen LogP contribution in [0, 0.1) is 0 Å². The minimum Gasteiger partial charge on any atom is -0.462 e. The first-order chi connectivity index (χ1) is 34.5. The van der Waals surface area contributed by atoms with E-state index < -0.39 is 6.10 Å². The normalized spacial score (nSPS) is 12.1. The summed E-state index contributed by atoms with van der Waals surface area (Å²) < 4.78 is 16.9. The molecule has 6 nitrogen and oxygen atoms in total. The van der Waals surface area contributed by atoms with Gasteiger partial charge in [0.2, 0.25) is 0 Å². The molecule has 0 aliphatic carbocycles. The van der Waals surface area contributed by atoms with Crippen LogP contribution in [0.25, 0.3) is 0 Å². The zero-order valence-corrected chi connectivity index (χ0v) is 47.3. The molecular formula is C64H120O6. The number of carbonyl (C=O) groups excluding carboxylic acids is 3. The monoisotopic (exact) mass is 985 g/mol. The maximum atomic E-state index is 12.9. The summed E-state index contributed by atoms with van der Waals surface area (Å²) in [7, 11) is 0. The van der Waals surface area contributed by atoms with Gasteiger partial charge in [0.05, 0.1) is 0 Å². The lowest BCUT2D eigenvalue weighted by Gasteiger charge is -2.18. The average Bonchev–Trinajstić information content (AvgIpc) is 3.36. The van der Waals surface area contributed by atoms with Crippen LogP contribution in [0.2, 0.25) is 0 Å². The van der Waals surface area contributed by atoms with Crippen molar-refractivity contribution in [3.8, 4) is 0 Å². The van der Waals surface area contributed by atoms with Crippen LogP contribution < -0.4 is 0 Å². The third-order valence-corrected chi connectivity index (χ3v) is 14.2. The zero-order chi connectivity index (χ0) is 50.7. The molecule has 0 heterocycles. The molecule has 0 aromatic heterocycles. The van der Waals surface area contributed by atoms with E-state index in [1.54, 1.807) is 0 Å². The molecule has 0 saturated heterocycles. The van der Waals surface area contributed by atoms with Gasteiger partial charge in [0.1, 0.15) is 13.2 Å². The van der Waals surface area contributed by atoms with Gasteiger partial charge in [-0.05, 0) is 70.6 Å². The number of unbranched alkanes of at least 4 members (excludes halogenated alkanes) is 43. The van der Waals surface area contributed by atoms with Crippen molar-refractivity contribution in [3.63, 3.8) is 0 Å². The van der Waals surface area contributed by atoms with Crippen molar-refractivity contribution < 1.29 is 28.6 Å². The quantitative estimate of drug-likeness (QED) is 0.0261. The van der Waals surface area contributed by atoms with E-state index in [-0.39, 0.29) is 31.1 Å². The molecule has 0 aromatic carbocycles. The maximum Gasteiger partial charge on any atom is 0.306 e. The van der Waals surface area contributed by atoms with E-state index in [1.165, 1.54) is 250 Å². The van der Waals surface area contributed by atoms with Crippen molar-refractivity contribution >= 4 is 17.9 Å². The summed E-state index contributed by atoms with van der Waals surface area (Å²) in [6.07, 6.45) is 70.5. The molecule has 0 radical (unpaired) electrons. The lowest BCUT2D eigenvalue weighted by Crippen LogP contribution is -2.30. The summed E-state index contributed by atoms with van der Waals surface area (Å²) in [6.45, 7) is 6.67. The Morgan fingerprint density at radius 1 is 0.271 bits per heavy atom. The van der Waals surface area contributed by atoms with Gasteiger partial charge in [-0.1, -0.05) is 283 Å². The second-order valence-electron chi connectivity index (χ2n) is 21.3. The first-order valence-electron chi connectivity index (χ1n) is 31.3. The molecule has 70 heavy (non-hydrogen) atoms. The fourth-order valence-corrected chi connectivity index (χ4v) is 9.44. The maximum absolute atomic E-state index is 12.9. The SMILES string of the molecule is CCCCCCCC/C=C\CCCCCCCCCC(=O)OC(COC(=O)CCCCCCCCCCCC)COC(=O)CCCCCCCCCCCCCCC/C=C\CCCCCCCCCC. The molecule has 0 aliphatic heterocycles. The minimum atomic E-state index is -0.769. The van der Waals surface area contributed by atoms with Gasteiger partial charge in [0.15, 0.2) is 6.10 Å². The molecule has 0 amide bonds. The van der Waals surface area contributed by atoms with E-state index in [9.17, 15) is 14.4 Å². The molecule has 0 bridgehead atoms. The molecule has 0 spiro atoms. The average molecular weight is 986 g/mol. The van der Waals surface area contributed by atoms with Gasteiger partial charge in [0, 0.05) is 19.3 Å². The Balaban J connectivity index is 4.18. The molecule has 0 rings (SSSR count). The Kier molecular flexibility index (Phi) is 57.7. The Morgan fingerprint density at radius 3 is 0.714 bits per heavy atom. The fraction of sp³-hybridized carbons (Fsp3) is 0.891. The molecule has 1 unspecified atom stereocenters. The van der Waals surface area contributed by atoms with Crippen LogP contribution in [0.4, 0.5) is 0 Å². The number of hydrogen-bond donors (Lipinski definition) is 0. The van der Waals surface area contributed by atoms with Gasteiger partial charge in [-0.3, -0.25) is 14.4 Å². The highest BCUT2D eigenvalue weighted by Crippen LogP contribution is 2.17. The lowest BCUT2D eigenvalue weighted by molar-refractivity contribution is -0.167. The van der Waals surface area contributed by atoms with Crippen molar-refractivity contribution in [2.75, 3.05) is 13.2 Å². The number of esters is 3. The highest BCUT2D eigenvalue weighted by atomic mass is 16.6. The van der Waals surface area contributed by atoms with E-state index in [1.807, 2.05) is 0 Å². The summed E-state index contributed by atoms with van der Waals surface area (Å²) >= 11 is 0. The van der Waals surface area contributed by atoms with E-state index in [2.05, 4.69) is 45.1 Å². The van der Waals surface area contributed by atoms with E-state index in [0.29, 0.717) is 19.3 Å². The van der Waals surface area contributed by atoms with Crippen molar-refractivity contribution in [1.29, 1.82) is 0 Å². The first-order valence-corrected chi connectivity index (χ1v) is 31.3. The molecule has 0 aliphatic rings. The van der Waals surface area contributed by atoms with Gasteiger partial charge in [-0.2, -0.15) is 0 Å². The molecule has 0 fully saturated rings. The fourth-order valence-electron chi connectivity index (χ4n) is 9.44. The molecule has 0 aromatic rings. The summed E-state index contributed by atoms with van der Waals surface area (Å²) in [4.78, 5) is 38.1. The Bertz CT molecular complexity index is 1130. The number of allylic oxidation sites excluding steroid dienone is 4. The van der Waals surface area contributed by atoms with Crippen molar-refractivity contribution in [3.05, 3.63) is 24.3 Å². The van der Waals surface area contributed by atoms with Crippen molar-refractivity contribution in [2.24, 2.45) is 0 Å². The van der Waals surface area contributed by atoms with Gasteiger partial charge >= 0.3 is 17.9 Å². The second kappa shape index (κ2) is 59.5. The molecule has 0 saturated carbocycles. The standard InChI is InChI=1S/C64H120O6/c1-4-7-10-13-16-19-22-24-26-28-29-30-31-32-33-34-35-37-38-40-42-45-48-51-54-57-63(66)69-60-61(59-68-62(65)56-53-50-47-44-21-18-15-12-9-6-3)70-64(67)58-55-52-49-46-43-41-39-36-27-25-23-20-17-14-11-8-5-2/h25,27-29,61H,4-24,26,30-60H2,1-3H3/b27-25-,29-28-. The molecule has 1 atom stereocenters. The summed E-state index contributed by atoms with van der Waals surface area (Å²) in [5.74, 6) is -0.852.